The molecular formula is C6H8N2O3. The van der Waals surface area contributed by atoms with Crippen molar-refractivity contribution in [1.29, 1.82) is 5.41 Å². The zero-order valence-electron chi connectivity index (χ0n) is 5.92. The molecule has 11 heavy (non-hydrogen) atoms. The minimum atomic E-state index is -1.36. The standard InChI is InChI=1S/C6H8N2O3/c1-8-5(9)3-2-4(7)6(10)11/h2-3,7H,1H3,(H,8,9)(H,10,11)/b3-2-,7-4?. The second kappa shape index (κ2) is 4.21. The Morgan fingerprint density at radius 3 is 2.36 bits per heavy atom. The Labute approximate surface area is 63.2 Å². The highest BCUT2D eigenvalue weighted by atomic mass is 16.4. The Hall–Kier alpha value is -1.65. The van der Waals surface area contributed by atoms with Crippen LogP contribution in [0.4, 0.5) is 0 Å². The van der Waals surface area contributed by atoms with Gasteiger partial charge in [0, 0.05) is 13.1 Å². The van der Waals surface area contributed by atoms with Crippen LogP contribution >= 0.6 is 0 Å². The second-order valence-electron chi connectivity index (χ2n) is 1.67. The minimum Gasteiger partial charge on any atom is -0.477 e. The summed E-state index contributed by atoms with van der Waals surface area (Å²) in [7, 11) is 1.41. The average molecular weight is 156 g/mol. The third-order valence-corrected chi connectivity index (χ3v) is 0.878. The smallest absolute Gasteiger partial charge is 0.353 e. The van der Waals surface area contributed by atoms with Crippen LogP contribution in [0.1, 0.15) is 0 Å². The highest BCUT2D eigenvalue weighted by Gasteiger charge is 2.00. The number of aliphatic carboxylic acids is 1. The van der Waals surface area contributed by atoms with E-state index in [4.69, 9.17) is 10.5 Å². The van der Waals surface area contributed by atoms with Crippen molar-refractivity contribution in [3.63, 3.8) is 0 Å². The SMILES string of the molecule is CNC(=O)/C=C\C(=N)C(=O)O. The zero-order valence-corrected chi connectivity index (χ0v) is 5.92. The predicted molar refractivity (Wildman–Crippen MR) is 38.6 cm³/mol. The quantitative estimate of drug-likeness (QED) is 0.376. The molecule has 0 bridgehead atoms. The van der Waals surface area contributed by atoms with E-state index in [9.17, 15) is 9.59 Å². The van der Waals surface area contributed by atoms with Crippen LogP contribution < -0.4 is 5.32 Å². The summed E-state index contributed by atoms with van der Waals surface area (Å²) in [5.74, 6) is -1.79. The van der Waals surface area contributed by atoms with Gasteiger partial charge in [-0.3, -0.25) is 10.2 Å². The van der Waals surface area contributed by atoms with Crippen molar-refractivity contribution in [2.45, 2.75) is 0 Å². The molecule has 0 aliphatic heterocycles. The van der Waals surface area contributed by atoms with Crippen LogP contribution in [0.3, 0.4) is 0 Å². The monoisotopic (exact) mass is 156 g/mol. The summed E-state index contributed by atoms with van der Waals surface area (Å²) in [6.07, 6.45) is 1.90. The first-order chi connectivity index (χ1) is 5.07. The molecular weight excluding hydrogens is 148 g/mol. The molecule has 1 amide bonds. The molecule has 0 aliphatic rings. The van der Waals surface area contributed by atoms with Crippen molar-refractivity contribution in [2.24, 2.45) is 0 Å². The van der Waals surface area contributed by atoms with Gasteiger partial charge in [-0.15, -0.1) is 0 Å². The highest BCUT2D eigenvalue weighted by Crippen LogP contribution is 1.78. The van der Waals surface area contributed by atoms with Crippen molar-refractivity contribution < 1.29 is 14.7 Å². The summed E-state index contributed by atoms with van der Waals surface area (Å²) in [5, 5.41) is 17.1. The normalized spacial score (nSPS) is 9.55. The maximum Gasteiger partial charge on any atom is 0.353 e. The number of amides is 1. The minimum absolute atomic E-state index is 0.434. The van der Waals surface area contributed by atoms with Crippen LogP contribution in [0.5, 0.6) is 0 Å². The van der Waals surface area contributed by atoms with Gasteiger partial charge >= 0.3 is 5.97 Å². The van der Waals surface area contributed by atoms with E-state index in [1.807, 2.05) is 0 Å². The molecule has 0 aromatic heterocycles. The molecule has 0 aromatic rings. The van der Waals surface area contributed by atoms with E-state index in [2.05, 4.69) is 5.32 Å². The van der Waals surface area contributed by atoms with Gasteiger partial charge in [-0.05, 0) is 6.08 Å². The van der Waals surface area contributed by atoms with Gasteiger partial charge < -0.3 is 10.4 Å². The fourth-order valence-corrected chi connectivity index (χ4v) is 0.314. The number of hydrogen-bond donors (Lipinski definition) is 3. The Balaban J connectivity index is 4.04. The van der Waals surface area contributed by atoms with E-state index in [0.717, 1.165) is 12.2 Å². The van der Waals surface area contributed by atoms with Crippen molar-refractivity contribution in [3.05, 3.63) is 12.2 Å². The van der Waals surface area contributed by atoms with E-state index in [0.29, 0.717) is 0 Å². The molecule has 60 valence electrons. The van der Waals surface area contributed by atoms with Crippen LogP contribution in [0.2, 0.25) is 0 Å². The molecule has 0 unspecified atom stereocenters. The number of likely N-dealkylation sites (N-methyl/N-ethyl adjacent to an activating group) is 1. The Morgan fingerprint density at radius 1 is 1.45 bits per heavy atom. The van der Waals surface area contributed by atoms with Crippen molar-refractivity contribution >= 4 is 17.6 Å². The lowest BCUT2D eigenvalue weighted by Gasteiger charge is -1.88. The van der Waals surface area contributed by atoms with Crippen LogP contribution in [-0.4, -0.2) is 29.7 Å². The van der Waals surface area contributed by atoms with E-state index >= 15 is 0 Å². The summed E-state index contributed by atoms with van der Waals surface area (Å²) >= 11 is 0. The summed E-state index contributed by atoms with van der Waals surface area (Å²) < 4.78 is 0. The first kappa shape index (κ1) is 9.35. The fraction of sp³-hybridized carbons (Fsp3) is 0.167. The summed E-state index contributed by atoms with van der Waals surface area (Å²) in [6.45, 7) is 0. The molecule has 0 saturated carbocycles. The molecule has 5 heteroatoms. The molecule has 0 atom stereocenters. The number of rotatable bonds is 3. The lowest BCUT2D eigenvalue weighted by atomic mass is 10.3. The van der Waals surface area contributed by atoms with E-state index in [1.165, 1.54) is 7.05 Å². The third kappa shape index (κ3) is 3.85. The summed E-state index contributed by atoms with van der Waals surface area (Å²) in [5.41, 5.74) is -0.617. The second-order valence-corrected chi connectivity index (χ2v) is 1.67. The molecule has 0 aliphatic carbocycles. The number of carboxylic acids is 1. The highest BCUT2D eigenvalue weighted by molar-refractivity contribution is 6.39. The van der Waals surface area contributed by atoms with Gasteiger partial charge in [0.25, 0.3) is 0 Å². The van der Waals surface area contributed by atoms with E-state index < -0.39 is 17.6 Å². The number of hydrogen-bond acceptors (Lipinski definition) is 3. The third-order valence-electron chi connectivity index (χ3n) is 0.878. The molecule has 0 saturated heterocycles. The average Bonchev–Trinajstić information content (AvgIpc) is 1.99. The molecule has 0 rings (SSSR count). The Kier molecular flexibility index (Phi) is 3.58. The van der Waals surface area contributed by atoms with Gasteiger partial charge in [-0.2, -0.15) is 0 Å². The van der Waals surface area contributed by atoms with Crippen molar-refractivity contribution in [2.75, 3.05) is 7.05 Å². The molecule has 0 heterocycles. The van der Waals surface area contributed by atoms with E-state index in [-0.39, 0.29) is 0 Å². The van der Waals surface area contributed by atoms with Gasteiger partial charge in [-0.25, -0.2) is 4.79 Å². The van der Waals surface area contributed by atoms with E-state index in [1.54, 1.807) is 0 Å². The van der Waals surface area contributed by atoms with Gasteiger partial charge in [0.15, 0.2) is 0 Å². The first-order valence-corrected chi connectivity index (χ1v) is 2.79. The number of carboxylic acid groups (broad SMARTS) is 1. The van der Waals surface area contributed by atoms with Gasteiger partial charge in [-0.1, -0.05) is 0 Å². The van der Waals surface area contributed by atoms with Crippen LogP contribution in [0.15, 0.2) is 12.2 Å². The summed E-state index contributed by atoms with van der Waals surface area (Å²) in [6, 6.07) is 0. The lowest BCUT2D eigenvalue weighted by Crippen LogP contribution is -2.16. The molecule has 0 spiro atoms. The van der Waals surface area contributed by atoms with Gasteiger partial charge in [0.1, 0.15) is 5.71 Å². The number of carbonyl (C=O) groups excluding carboxylic acids is 1. The van der Waals surface area contributed by atoms with Crippen LogP contribution in [-0.2, 0) is 9.59 Å². The fourth-order valence-electron chi connectivity index (χ4n) is 0.314. The predicted octanol–water partition coefficient (Wildman–Crippen LogP) is -0.607. The molecule has 5 nitrogen and oxygen atoms in total. The molecule has 0 radical (unpaired) electrons. The lowest BCUT2D eigenvalue weighted by molar-refractivity contribution is -0.129. The first-order valence-electron chi connectivity index (χ1n) is 2.79. The zero-order chi connectivity index (χ0) is 8.85. The van der Waals surface area contributed by atoms with Gasteiger partial charge in [0.2, 0.25) is 5.91 Å². The molecule has 0 aromatic carbocycles. The maximum atomic E-state index is 10.5. The molecule has 3 N–H and O–H groups in total. The van der Waals surface area contributed by atoms with Crippen molar-refractivity contribution in [3.8, 4) is 0 Å². The molecule has 0 fully saturated rings. The van der Waals surface area contributed by atoms with Crippen molar-refractivity contribution in [1.82, 2.24) is 5.32 Å². The number of carbonyl (C=O) groups is 2. The van der Waals surface area contributed by atoms with Crippen LogP contribution in [0, 0.1) is 5.41 Å². The Morgan fingerprint density at radius 2 is 2.00 bits per heavy atom. The largest absolute Gasteiger partial charge is 0.477 e. The van der Waals surface area contributed by atoms with Gasteiger partial charge in [0.05, 0.1) is 0 Å². The number of nitrogens with one attached hydrogen (secondary N) is 2. The van der Waals surface area contributed by atoms with Crippen LogP contribution in [0.25, 0.3) is 0 Å². The maximum absolute atomic E-state index is 10.5. The summed E-state index contributed by atoms with van der Waals surface area (Å²) in [4.78, 5) is 20.4. The topological polar surface area (TPSA) is 90.3 Å². The Bertz CT molecular complexity index is 220.